The van der Waals surface area contributed by atoms with Crippen molar-refractivity contribution in [3.63, 3.8) is 0 Å². The van der Waals surface area contributed by atoms with Crippen molar-refractivity contribution in [2.45, 2.75) is 26.7 Å². The van der Waals surface area contributed by atoms with Gasteiger partial charge < -0.3 is 15.2 Å². The maximum atomic E-state index is 5.86. The summed E-state index contributed by atoms with van der Waals surface area (Å²) in [6, 6.07) is 13.8. The first-order valence-corrected chi connectivity index (χ1v) is 7.43. The molecule has 2 aromatic rings. The van der Waals surface area contributed by atoms with Crippen LogP contribution in [0.25, 0.3) is 0 Å². The van der Waals surface area contributed by atoms with E-state index in [0.29, 0.717) is 6.54 Å². The Balaban J connectivity index is 2.02. The molecule has 0 atom stereocenters. The Labute approximate surface area is 126 Å². The minimum atomic E-state index is 0.667. The van der Waals surface area contributed by atoms with Crippen molar-refractivity contribution in [3.8, 4) is 17.2 Å². The van der Waals surface area contributed by atoms with Crippen LogP contribution in [0.1, 0.15) is 24.5 Å². The molecule has 0 aliphatic carbocycles. The fourth-order valence-electron chi connectivity index (χ4n) is 2.13. The Morgan fingerprint density at radius 1 is 0.952 bits per heavy atom. The highest BCUT2D eigenvalue weighted by molar-refractivity contribution is 5.39. The number of rotatable bonds is 7. The molecule has 2 aromatic carbocycles. The number of hydrogen-bond donors (Lipinski definition) is 1. The Kier molecular flexibility index (Phi) is 5.64. The zero-order valence-corrected chi connectivity index (χ0v) is 12.8. The fraction of sp³-hybridized carbons (Fsp3) is 0.333. The van der Waals surface area contributed by atoms with Crippen LogP contribution in [0.15, 0.2) is 42.5 Å². The molecule has 2 rings (SSSR count). The number of ether oxygens (including phenoxy) is 2. The van der Waals surface area contributed by atoms with Crippen molar-refractivity contribution in [2.75, 3.05) is 13.2 Å². The lowest BCUT2D eigenvalue weighted by Crippen LogP contribution is -2.04. The second-order valence-corrected chi connectivity index (χ2v) is 5.05. The summed E-state index contributed by atoms with van der Waals surface area (Å²) in [7, 11) is 0. The molecular weight excluding hydrogens is 262 g/mol. The third-order valence-corrected chi connectivity index (χ3v) is 3.26. The Morgan fingerprint density at radius 3 is 2.24 bits per heavy atom. The minimum absolute atomic E-state index is 0.667. The topological polar surface area (TPSA) is 44.5 Å². The van der Waals surface area contributed by atoms with Crippen molar-refractivity contribution in [3.05, 3.63) is 53.6 Å². The van der Waals surface area contributed by atoms with Crippen molar-refractivity contribution in [2.24, 2.45) is 5.73 Å². The third kappa shape index (κ3) is 4.50. The number of aryl methyl sites for hydroxylation is 1. The molecule has 21 heavy (non-hydrogen) atoms. The Bertz CT molecular complexity index is 564. The van der Waals surface area contributed by atoms with Crippen molar-refractivity contribution in [1.82, 2.24) is 0 Å². The summed E-state index contributed by atoms with van der Waals surface area (Å²) in [5, 5.41) is 0. The highest BCUT2D eigenvalue weighted by Gasteiger charge is 2.02. The first-order valence-electron chi connectivity index (χ1n) is 7.43. The summed E-state index contributed by atoms with van der Waals surface area (Å²) in [4.78, 5) is 0. The van der Waals surface area contributed by atoms with Gasteiger partial charge >= 0.3 is 0 Å². The van der Waals surface area contributed by atoms with Gasteiger partial charge in [0.15, 0.2) is 0 Å². The van der Waals surface area contributed by atoms with E-state index in [4.69, 9.17) is 15.2 Å². The van der Waals surface area contributed by atoms with Gasteiger partial charge in [0.1, 0.15) is 17.2 Å². The van der Waals surface area contributed by atoms with Crippen molar-refractivity contribution in [1.29, 1.82) is 0 Å². The predicted octanol–water partition coefficient (Wildman–Crippen LogP) is 4.08. The maximum absolute atomic E-state index is 5.86. The smallest absolute Gasteiger partial charge is 0.127 e. The van der Waals surface area contributed by atoms with Gasteiger partial charge in [0.25, 0.3) is 0 Å². The van der Waals surface area contributed by atoms with Crippen LogP contribution in [0.3, 0.4) is 0 Å². The lowest BCUT2D eigenvalue weighted by atomic mass is 10.1. The zero-order chi connectivity index (χ0) is 15.1. The fourth-order valence-corrected chi connectivity index (χ4v) is 2.13. The highest BCUT2D eigenvalue weighted by Crippen LogP contribution is 2.25. The molecule has 3 heteroatoms. The molecule has 0 saturated heterocycles. The quantitative estimate of drug-likeness (QED) is 0.833. The molecular formula is C18H23NO2. The lowest BCUT2D eigenvalue weighted by Gasteiger charge is -2.10. The monoisotopic (exact) mass is 285 g/mol. The van der Waals surface area contributed by atoms with Gasteiger partial charge in [-0.2, -0.15) is 0 Å². The van der Waals surface area contributed by atoms with Crippen LogP contribution in [0.4, 0.5) is 0 Å². The number of nitrogens with two attached hydrogens (primary N) is 1. The first-order chi connectivity index (χ1) is 10.2. The van der Waals surface area contributed by atoms with Gasteiger partial charge in [-0.25, -0.2) is 0 Å². The summed E-state index contributed by atoms with van der Waals surface area (Å²) in [6.45, 7) is 5.58. The molecule has 0 saturated carbocycles. The van der Waals surface area contributed by atoms with Gasteiger partial charge in [-0.3, -0.25) is 0 Å². The highest BCUT2D eigenvalue weighted by atomic mass is 16.5. The molecule has 0 aliphatic heterocycles. The molecule has 0 aromatic heterocycles. The van der Waals surface area contributed by atoms with Crippen molar-refractivity contribution >= 4 is 0 Å². The van der Waals surface area contributed by atoms with E-state index in [0.717, 1.165) is 36.7 Å². The van der Waals surface area contributed by atoms with E-state index in [9.17, 15) is 0 Å². The minimum Gasteiger partial charge on any atom is -0.494 e. The molecule has 0 heterocycles. The Morgan fingerprint density at radius 2 is 1.62 bits per heavy atom. The van der Waals surface area contributed by atoms with E-state index >= 15 is 0 Å². The van der Waals surface area contributed by atoms with Gasteiger partial charge in [-0.1, -0.05) is 13.0 Å². The molecule has 112 valence electrons. The maximum Gasteiger partial charge on any atom is 0.127 e. The summed E-state index contributed by atoms with van der Waals surface area (Å²) in [5.74, 6) is 2.53. The molecule has 0 radical (unpaired) electrons. The van der Waals surface area contributed by atoms with E-state index in [1.165, 1.54) is 11.1 Å². The predicted molar refractivity (Wildman–Crippen MR) is 86.2 cm³/mol. The van der Waals surface area contributed by atoms with E-state index in [1.807, 2.05) is 36.4 Å². The summed E-state index contributed by atoms with van der Waals surface area (Å²) >= 11 is 0. The number of hydrogen-bond acceptors (Lipinski definition) is 3. The standard InChI is InChI=1S/C18H23NO2/c1-3-12-20-16-6-8-17(9-7-16)21-18-5-4-15(10-11-19)14(2)13-18/h4-9,13H,3,10-12,19H2,1-2H3. The van der Waals surface area contributed by atoms with Gasteiger partial charge in [-0.05, 0) is 73.8 Å². The molecule has 0 unspecified atom stereocenters. The molecule has 0 fully saturated rings. The van der Waals surface area contributed by atoms with E-state index < -0.39 is 0 Å². The number of benzene rings is 2. The molecule has 0 spiro atoms. The molecule has 0 aliphatic rings. The summed E-state index contributed by atoms with van der Waals surface area (Å²) in [6.07, 6.45) is 1.91. The Hall–Kier alpha value is -2.00. The summed E-state index contributed by atoms with van der Waals surface area (Å²) < 4.78 is 11.4. The first kappa shape index (κ1) is 15.4. The van der Waals surface area contributed by atoms with Crippen LogP contribution in [0, 0.1) is 6.92 Å². The van der Waals surface area contributed by atoms with Crippen LogP contribution in [-0.4, -0.2) is 13.2 Å². The average Bonchev–Trinajstić information content (AvgIpc) is 2.49. The zero-order valence-electron chi connectivity index (χ0n) is 12.8. The van der Waals surface area contributed by atoms with E-state index in [1.54, 1.807) is 0 Å². The van der Waals surface area contributed by atoms with Crippen LogP contribution in [-0.2, 0) is 6.42 Å². The van der Waals surface area contributed by atoms with Gasteiger partial charge in [0.05, 0.1) is 6.61 Å². The lowest BCUT2D eigenvalue weighted by molar-refractivity contribution is 0.317. The van der Waals surface area contributed by atoms with Crippen LogP contribution in [0.2, 0.25) is 0 Å². The summed E-state index contributed by atoms with van der Waals surface area (Å²) in [5.41, 5.74) is 8.08. The average molecular weight is 285 g/mol. The van der Waals surface area contributed by atoms with Gasteiger partial charge in [0, 0.05) is 0 Å². The largest absolute Gasteiger partial charge is 0.494 e. The molecule has 0 bridgehead atoms. The van der Waals surface area contributed by atoms with E-state index in [2.05, 4.69) is 19.9 Å². The molecule has 2 N–H and O–H groups in total. The molecule has 0 amide bonds. The van der Waals surface area contributed by atoms with E-state index in [-0.39, 0.29) is 0 Å². The second-order valence-electron chi connectivity index (χ2n) is 5.05. The van der Waals surface area contributed by atoms with Gasteiger partial charge in [-0.15, -0.1) is 0 Å². The van der Waals surface area contributed by atoms with Gasteiger partial charge in [0.2, 0.25) is 0 Å². The van der Waals surface area contributed by atoms with Crippen molar-refractivity contribution < 1.29 is 9.47 Å². The molecule has 3 nitrogen and oxygen atoms in total. The normalized spacial score (nSPS) is 10.4. The van der Waals surface area contributed by atoms with Crippen LogP contribution >= 0.6 is 0 Å². The second kappa shape index (κ2) is 7.70. The SMILES string of the molecule is CCCOc1ccc(Oc2ccc(CCN)c(C)c2)cc1. The van der Waals surface area contributed by atoms with Crippen LogP contribution in [0.5, 0.6) is 17.2 Å². The van der Waals surface area contributed by atoms with Crippen LogP contribution < -0.4 is 15.2 Å². The third-order valence-electron chi connectivity index (χ3n) is 3.26.